The molecule has 0 amide bonds. The second kappa shape index (κ2) is 5.53. The Morgan fingerprint density at radius 3 is 2.44 bits per heavy atom. The molecule has 0 aromatic heterocycles. The van der Waals surface area contributed by atoms with Gasteiger partial charge in [0, 0.05) is 12.6 Å². The van der Waals surface area contributed by atoms with Gasteiger partial charge >= 0.3 is 0 Å². The van der Waals surface area contributed by atoms with Crippen molar-refractivity contribution in [3.63, 3.8) is 0 Å². The summed E-state index contributed by atoms with van der Waals surface area (Å²) in [6.45, 7) is 7.44. The monoisotopic (exact) mass is 223 g/mol. The third kappa shape index (κ3) is 3.00. The number of nitrogens with zero attached hydrogens (tertiary/aromatic N) is 1. The third-order valence-corrected chi connectivity index (χ3v) is 4.62. The highest BCUT2D eigenvalue weighted by molar-refractivity contribution is 5.04. The standard InChI is InChI=1S/C15H29N/c1-3-5-7-11-16-13-15(9-10-15)12-14(16)8-6-4-2/h14H,3-13H2,1-2H3. The first-order chi connectivity index (χ1) is 7.79. The van der Waals surface area contributed by atoms with E-state index in [2.05, 4.69) is 18.7 Å². The van der Waals surface area contributed by atoms with Crippen LogP contribution in [0.3, 0.4) is 0 Å². The molecule has 1 heteroatoms. The minimum Gasteiger partial charge on any atom is -0.300 e. The molecule has 1 atom stereocenters. The van der Waals surface area contributed by atoms with Crippen LogP contribution in [0.25, 0.3) is 0 Å². The molecule has 0 radical (unpaired) electrons. The van der Waals surface area contributed by atoms with Crippen LogP contribution < -0.4 is 0 Å². The van der Waals surface area contributed by atoms with Crippen molar-refractivity contribution < 1.29 is 0 Å². The van der Waals surface area contributed by atoms with Gasteiger partial charge in [-0.05, 0) is 44.1 Å². The molecule has 1 spiro atoms. The maximum Gasteiger partial charge on any atom is 0.0101 e. The molecule has 16 heavy (non-hydrogen) atoms. The van der Waals surface area contributed by atoms with Crippen LogP contribution >= 0.6 is 0 Å². The Bertz CT molecular complexity index is 207. The van der Waals surface area contributed by atoms with Crippen LogP contribution in [0.5, 0.6) is 0 Å². The van der Waals surface area contributed by atoms with Gasteiger partial charge in [-0.25, -0.2) is 0 Å². The molecule has 2 rings (SSSR count). The quantitative estimate of drug-likeness (QED) is 0.584. The number of likely N-dealkylation sites (tertiary alicyclic amines) is 1. The number of hydrogen-bond acceptors (Lipinski definition) is 1. The summed E-state index contributed by atoms with van der Waals surface area (Å²) in [6, 6.07) is 0.944. The zero-order valence-corrected chi connectivity index (χ0v) is 11.3. The SMILES string of the molecule is CCCCCN1CC2(CC2)CC1CCCC. The van der Waals surface area contributed by atoms with Crippen molar-refractivity contribution in [2.24, 2.45) is 5.41 Å². The van der Waals surface area contributed by atoms with Gasteiger partial charge in [-0.15, -0.1) is 0 Å². The van der Waals surface area contributed by atoms with E-state index in [4.69, 9.17) is 0 Å². The van der Waals surface area contributed by atoms with Crippen LogP contribution in [0.4, 0.5) is 0 Å². The van der Waals surface area contributed by atoms with Crippen molar-refractivity contribution in [1.29, 1.82) is 0 Å². The lowest BCUT2D eigenvalue weighted by atomic mass is 10.00. The second-order valence-corrected chi connectivity index (χ2v) is 6.18. The predicted octanol–water partition coefficient (Wildman–Crippen LogP) is 4.22. The predicted molar refractivity (Wildman–Crippen MR) is 70.7 cm³/mol. The molecule has 1 saturated carbocycles. The van der Waals surface area contributed by atoms with E-state index in [0.717, 1.165) is 11.5 Å². The molecule has 1 heterocycles. The van der Waals surface area contributed by atoms with E-state index in [-0.39, 0.29) is 0 Å². The molecule has 0 aromatic carbocycles. The molecule has 0 N–H and O–H groups in total. The maximum absolute atomic E-state index is 2.83. The summed E-state index contributed by atoms with van der Waals surface area (Å²) >= 11 is 0. The fourth-order valence-corrected chi connectivity index (χ4v) is 3.34. The average molecular weight is 223 g/mol. The van der Waals surface area contributed by atoms with Gasteiger partial charge in [0.2, 0.25) is 0 Å². The van der Waals surface area contributed by atoms with E-state index >= 15 is 0 Å². The summed E-state index contributed by atoms with van der Waals surface area (Å²) in [5, 5.41) is 0. The fraction of sp³-hybridized carbons (Fsp3) is 1.00. The van der Waals surface area contributed by atoms with Crippen molar-refractivity contribution in [3.05, 3.63) is 0 Å². The summed E-state index contributed by atoms with van der Waals surface area (Å²) < 4.78 is 0. The van der Waals surface area contributed by atoms with Gasteiger partial charge in [-0.2, -0.15) is 0 Å². The van der Waals surface area contributed by atoms with Gasteiger partial charge in [0.15, 0.2) is 0 Å². The average Bonchev–Trinajstić information content (AvgIpc) is 2.93. The summed E-state index contributed by atoms with van der Waals surface area (Å²) in [5.41, 5.74) is 0.810. The maximum atomic E-state index is 2.83. The van der Waals surface area contributed by atoms with Gasteiger partial charge < -0.3 is 0 Å². The Labute approximate surface area is 102 Å². The van der Waals surface area contributed by atoms with Crippen LogP contribution in [0.1, 0.15) is 71.6 Å². The van der Waals surface area contributed by atoms with E-state index in [1.165, 1.54) is 70.9 Å². The van der Waals surface area contributed by atoms with Crippen molar-refractivity contribution in [1.82, 2.24) is 4.90 Å². The van der Waals surface area contributed by atoms with E-state index in [9.17, 15) is 0 Å². The summed E-state index contributed by atoms with van der Waals surface area (Å²) in [6.07, 6.45) is 13.1. The second-order valence-electron chi connectivity index (χ2n) is 6.18. The van der Waals surface area contributed by atoms with E-state index in [1.54, 1.807) is 0 Å². The number of hydrogen-bond donors (Lipinski definition) is 0. The Morgan fingerprint density at radius 1 is 1.06 bits per heavy atom. The molecule has 2 fully saturated rings. The Kier molecular flexibility index (Phi) is 4.29. The molecule has 1 saturated heterocycles. The van der Waals surface area contributed by atoms with E-state index in [0.29, 0.717) is 0 Å². The van der Waals surface area contributed by atoms with Gasteiger partial charge in [-0.1, -0.05) is 39.5 Å². The smallest absolute Gasteiger partial charge is 0.0101 e. The fourth-order valence-electron chi connectivity index (χ4n) is 3.34. The molecule has 1 nitrogen and oxygen atoms in total. The van der Waals surface area contributed by atoms with Crippen LogP contribution in [-0.4, -0.2) is 24.0 Å². The molecular formula is C15H29N. The zero-order valence-electron chi connectivity index (χ0n) is 11.3. The van der Waals surface area contributed by atoms with Gasteiger partial charge in [-0.3, -0.25) is 4.90 Å². The molecule has 94 valence electrons. The summed E-state index contributed by atoms with van der Waals surface area (Å²) in [4.78, 5) is 2.83. The Balaban J connectivity index is 1.77. The van der Waals surface area contributed by atoms with Crippen LogP contribution in [0, 0.1) is 5.41 Å². The topological polar surface area (TPSA) is 3.24 Å². The Hall–Kier alpha value is -0.0400. The molecule has 1 aliphatic carbocycles. The van der Waals surface area contributed by atoms with Crippen LogP contribution in [0.15, 0.2) is 0 Å². The van der Waals surface area contributed by atoms with Crippen molar-refractivity contribution >= 4 is 0 Å². The zero-order chi connectivity index (χ0) is 11.4. The first kappa shape index (κ1) is 12.4. The Morgan fingerprint density at radius 2 is 1.81 bits per heavy atom. The van der Waals surface area contributed by atoms with Crippen LogP contribution in [-0.2, 0) is 0 Å². The lowest BCUT2D eigenvalue weighted by molar-refractivity contribution is 0.231. The minimum absolute atomic E-state index is 0.810. The third-order valence-electron chi connectivity index (χ3n) is 4.62. The van der Waals surface area contributed by atoms with Crippen molar-refractivity contribution in [2.45, 2.75) is 77.7 Å². The lowest BCUT2D eigenvalue weighted by Gasteiger charge is -2.24. The first-order valence-corrected chi connectivity index (χ1v) is 7.54. The minimum atomic E-state index is 0.810. The lowest BCUT2D eigenvalue weighted by Crippen LogP contribution is -2.30. The molecule has 0 bridgehead atoms. The molecule has 0 aromatic rings. The molecular weight excluding hydrogens is 194 g/mol. The highest BCUT2D eigenvalue weighted by atomic mass is 15.2. The van der Waals surface area contributed by atoms with Gasteiger partial charge in [0.25, 0.3) is 0 Å². The normalized spacial score (nSPS) is 27.8. The van der Waals surface area contributed by atoms with E-state index in [1.807, 2.05) is 0 Å². The highest BCUT2D eigenvalue weighted by Gasteiger charge is 2.50. The van der Waals surface area contributed by atoms with Gasteiger partial charge in [0.1, 0.15) is 0 Å². The largest absolute Gasteiger partial charge is 0.300 e. The molecule has 1 unspecified atom stereocenters. The summed E-state index contributed by atoms with van der Waals surface area (Å²) in [7, 11) is 0. The van der Waals surface area contributed by atoms with Crippen molar-refractivity contribution in [3.8, 4) is 0 Å². The highest BCUT2D eigenvalue weighted by Crippen LogP contribution is 2.55. The summed E-state index contributed by atoms with van der Waals surface area (Å²) in [5.74, 6) is 0. The molecule has 1 aliphatic heterocycles. The number of rotatable bonds is 7. The van der Waals surface area contributed by atoms with Gasteiger partial charge in [0.05, 0.1) is 0 Å². The molecule has 2 aliphatic rings. The van der Waals surface area contributed by atoms with Crippen molar-refractivity contribution in [2.75, 3.05) is 13.1 Å². The van der Waals surface area contributed by atoms with E-state index < -0.39 is 0 Å². The van der Waals surface area contributed by atoms with Crippen LogP contribution in [0.2, 0.25) is 0 Å². The number of unbranched alkanes of at least 4 members (excludes halogenated alkanes) is 3. The first-order valence-electron chi connectivity index (χ1n) is 7.54.